The van der Waals surface area contributed by atoms with Gasteiger partial charge >= 0.3 is 0 Å². The Morgan fingerprint density at radius 2 is 1.80 bits per heavy atom. The lowest BCUT2D eigenvalue weighted by atomic mass is 10.1. The molecule has 1 aliphatic heterocycles. The third-order valence-electron chi connectivity index (χ3n) is 5.38. The third kappa shape index (κ3) is 3.57. The number of aromatic nitrogens is 2. The van der Waals surface area contributed by atoms with E-state index in [1.165, 1.54) is 34.8 Å². The molecule has 0 saturated carbocycles. The molecule has 30 heavy (non-hydrogen) atoms. The fourth-order valence-corrected chi connectivity index (χ4v) is 3.73. The van der Waals surface area contributed by atoms with E-state index in [1.54, 1.807) is 0 Å². The summed E-state index contributed by atoms with van der Waals surface area (Å²) in [6.45, 7) is 3.17. The van der Waals surface area contributed by atoms with Gasteiger partial charge in [-0.25, -0.2) is 13.9 Å². The van der Waals surface area contributed by atoms with E-state index < -0.39 is 5.82 Å². The number of nitrogens with zero attached hydrogens (tertiary/aromatic N) is 3. The monoisotopic (exact) mass is 400 g/mol. The van der Waals surface area contributed by atoms with Gasteiger partial charge in [0.05, 0.1) is 16.6 Å². The zero-order valence-electron chi connectivity index (χ0n) is 16.4. The van der Waals surface area contributed by atoms with Crippen LogP contribution in [-0.2, 0) is 6.54 Å². The summed E-state index contributed by atoms with van der Waals surface area (Å²) in [5, 5.41) is 3.55. The lowest BCUT2D eigenvalue weighted by Gasteiger charge is -2.30. The van der Waals surface area contributed by atoms with Crippen molar-refractivity contribution in [3.8, 4) is 5.69 Å². The molecule has 1 aliphatic rings. The Kier molecular flexibility index (Phi) is 4.77. The Balaban J connectivity index is 1.60. The van der Waals surface area contributed by atoms with Gasteiger partial charge < -0.3 is 5.32 Å². The number of rotatable bonds is 5. The van der Waals surface area contributed by atoms with E-state index >= 15 is 0 Å². The van der Waals surface area contributed by atoms with Crippen molar-refractivity contribution in [3.05, 3.63) is 94.5 Å². The number of hydrogen-bond donors (Lipinski definition) is 1. The van der Waals surface area contributed by atoms with Crippen molar-refractivity contribution >= 4 is 22.5 Å². The molecule has 0 spiro atoms. The van der Waals surface area contributed by atoms with Crippen LogP contribution in [-0.4, -0.2) is 27.5 Å². The van der Waals surface area contributed by atoms with Crippen LogP contribution in [0.2, 0.25) is 0 Å². The second-order valence-electron chi connectivity index (χ2n) is 7.53. The van der Waals surface area contributed by atoms with E-state index in [9.17, 15) is 9.18 Å². The van der Waals surface area contributed by atoms with E-state index in [2.05, 4.69) is 27.3 Å². The third-order valence-corrected chi connectivity index (χ3v) is 5.38. The highest BCUT2D eigenvalue weighted by molar-refractivity contribution is 5.80. The summed E-state index contributed by atoms with van der Waals surface area (Å²) >= 11 is 0. The minimum Gasteiger partial charge on any atom is -0.325 e. The van der Waals surface area contributed by atoms with Crippen LogP contribution in [0.1, 0.15) is 12.0 Å². The first kappa shape index (κ1) is 18.5. The topological polar surface area (TPSA) is 50.2 Å². The Morgan fingerprint density at radius 1 is 0.967 bits per heavy atom. The minimum absolute atomic E-state index is 0.246. The molecule has 0 radical (unpaired) electrons. The summed E-state index contributed by atoms with van der Waals surface area (Å²) in [6.07, 6.45) is 1.25. The van der Waals surface area contributed by atoms with E-state index in [4.69, 9.17) is 0 Å². The molecule has 0 aliphatic carbocycles. The van der Waals surface area contributed by atoms with E-state index in [1.807, 2.05) is 42.5 Å². The fraction of sp³-hybridized carbons (Fsp3) is 0.167. The van der Waals surface area contributed by atoms with Gasteiger partial charge in [0.1, 0.15) is 5.82 Å². The summed E-state index contributed by atoms with van der Waals surface area (Å²) in [5.74, 6) is -0.0631. The van der Waals surface area contributed by atoms with Crippen molar-refractivity contribution < 1.29 is 4.39 Å². The first-order valence-electron chi connectivity index (χ1n) is 10.0. The van der Waals surface area contributed by atoms with Crippen molar-refractivity contribution in [1.82, 2.24) is 14.5 Å². The molecule has 5 nitrogen and oxygen atoms in total. The van der Waals surface area contributed by atoms with Crippen molar-refractivity contribution in [1.29, 1.82) is 0 Å². The maximum absolute atomic E-state index is 13.8. The number of anilines is 2. The van der Waals surface area contributed by atoms with Gasteiger partial charge in [-0.1, -0.05) is 30.3 Å². The van der Waals surface area contributed by atoms with E-state index in [0.29, 0.717) is 17.2 Å². The maximum atomic E-state index is 13.8. The average Bonchev–Trinajstić information content (AvgIpc) is 2.73. The van der Waals surface area contributed by atoms with Gasteiger partial charge in [-0.05, 0) is 67.5 Å². The molecular formula is C24H21FN4O. The van der Waals surface area contributed by atoms with E-state index in [-0.39, 0.29) is 10.9 Å². The molecule has 5 rings (SSSR count). The Bertz CT molecular complexity index is 1270. The Labute approximate surface area is 173 Å². The SMILES string of the molecule is O=c1c2cc(F)ccc2nc(Nc2cccc(CN3CCC3)c2)n1-c1ccccc1. The maximum Gasteiger partial charge on any atom is 0.267 e. The predicted molar refractivity (Wildman–Crippen MR) is 117 cm³/mol. The van der Waals surface area contributed by atoms with Gasteiger partial charge in [-0.2, -0.15) is 0 Å². The largest absolute Gasteiger partial charge is 0.325 e. The van der Waals surface area contributed by atoms with Crippen LogP contribution in [0.15, 0.2) is 77.6 Å². The molecule has 0 amide bonds. The highest BCUT2D eigenvalue weighted by atomic mass is 19.1. The quantitative estimate of drug-likeness (QED) is 0.537. The van der Waals surface area contributed by atoms with Crippen LogP contribution in [0, 0.1) is 5.82 Å². The van der Waals surface area contributed by atoms with Gasteiger partial charge in [-0.3, -0.25) is 9.69 Å². The normalized spacial score (nSPS) is 13.9. The van der Waals surface area contributed by atoms with Crippen molar-refractivity contribution in [2.75, 3.05) is 18.4 Å². The van der Waals surface area contributed by atoms with Gasteiger partial charge in [0.15, 0.2) is 0 Å². The van der Waals surface area contributed by atoms with Gasteiger partial charge in [0.25, 0.3) is 5.56 Å². The molecule has 150 valence electrons. The molecule has 1 aromatic heterocycles. The number of nitrogens with one attached hydrogen (secondary N) is 1. The summed E-state index contributed by atoms with van der Waals surface area (Å²) in [4.78, 5) is 20.3. The first-order valence-corrected chi connectivity index (χ1v) is 10.0. The molecule has 3 aromatic carbocycles. The molecule has 1 fully saturated rings. The lowest BCUT2D eigenvalue weighted by Crippen LogP contribution is -2.36. The van der Waals surface area contributed by atoms with E-state index in [0.717, 1.165) is 25.3 Å². The molecule has 6 heteroatoms. The average molecular weight is 400 g/mol. The second-order valence-corrected chi connectivity index (χ2v) is 7.53. The summed E-state index contributed by atoms with van der Waals surface area (Å²) in [6, 6.07) is 21.5. The molecule has 1 saturated heterocycles. The van der Waals surface area contributed by atoms with Crippen molar-refractivity contribution in [2.45, 2.75) is 13.0 Å². The number of likely N-dealkylation sites (tertiary alicyclic amines) is 1. The fourth-order valence-electron chi connectivity index (χ4n) is 3.73. The lowest BCUT2D eigenvalue weighted by molar-refractivity contribution is 0.172. The highest BCUT2D eigenvalue weighted by Crippen LogP contribution is 2.22. The Hall–Kier alpha value is -3.51. The van der Waals surface area contributed by atoms with Crippen molar-refractivity contribution in [3.63, 3.8) is 0 Å². The minimum atomic E-state index is -0.458. The molecule has 0 bridgehead atoms. The second kappa shape index (κ2) is 7.72. The van der Waals surface area contributed by atoms with Gasteiger partial charge in [-0.15, -0.1) is 0 Å². The molecule has 1 N–H and O–H groups in total. The number of fused-ring (bicyclic) bond motifs is 1. The zero-order chi connectivity index (χ0) is 20.5. The molecule has 2 heterocycles. The Morgan fingerprint density at radius 3 is 2.57 bits per heavy atom. The molecule has 4 aromatic rings. The van der Waals surface area contributed by atoms with Crippen LogP contribution in [0.4, 0.5) is 16.0 Å². The standard InChI is InChI=1S/C24H21FN4O/c25-18-10-11-22-21(15-18)23(30)29(20-8-2-1-3-9-20)24(27-22)26-19-7-4-6-17(14-19)16-28-12-5-13-28/h1-4,6-11,14-15H,5,12-13,16H2,(H,26,27). The predicted octanol–water partition coefficient (Wildman–Crippen LogP) is 4.47. The highest BCUT2D eigenvalue weighted by Gasteiger charge is 2.16. The zero-order valence-corrected chi connectivity index (χ0v) is 16.4. The molecule has 0 unspecified atom stereocenters. The summed E-state index contributed by atoms with van der Waals surface area (Å²) in [7, 11) is 0. The summed E-state index contributed by atoms with van der Waals surface area (Å²) in [5.41, 5.74) is 2.86. The van der Waals surface area contributed by atoms with Crippen LogP contribution in [0.25, 0.3) is 16.6 Å². The number of halogens is 1. The van der Waals surface area contributed by atoms with Gasteiger partial charge in [0.2, 0.25) is 5.95 Å². The van der Waals surface area contributed by atoms with Gasteiger partial charge in [0, 0.05) is 12.2 Å². The molecule has 0 atom stereocenters. The van der Waals surface area contributed by atoms with Crippen molar-refractivity contribution in [2.24, 2.45) is 0 Å². The van der Waals surface area contributed by atoms with Crippen LogP contribution in [0.3, 0.4) is 0 Å². The van der Waals surface area contributed by atoms with Crippen LogP contribution >= 0.6 is 0 Å². The number of hydrogen-bond acceptors (Lipinski definition) is 4. The first-order chi connectivity index (χ1) is 14.7. The van der Waals surface area contributed by atoms with Crippen LogP contribution in [0.5, 0.6) is 0 Å². The number of para-hydroxylation sites is 1. The smallest absolute Gasteiger partial charge is 0.267 e. The summed E-state index contributed by atoms with van der Waals surface area (Å²) < 4.78 is 15.3. The number of benzene rings is 3. The molecular weight excluding hydrogens is 379 g/mol. The van der Waals surface area contributed by atoms with Crippen LogP contribution < -0.4 is 10.9 Å².